The fourth-order valence-electron chi connectivity index (χ4n) is 2.83. The van der Waals surface area contributed by atoms with Crippen LogP contribution in [0.4, 0.5) is 5.69 Å². The summed E-state index contributed by atoms with van der Waals surface area (Å²) >= 11 is 1.46. The lowest BCUT2D eigenvalue weighted by atomic mass is 9.95. The molecule has 106 valence electrons. The number of nitrogen functional groups attached to an aromatic ring is 1. The van der Waals surface area contributed by atoms with E-state index in [-0.39, 0.29) is 5.91 Å². The molecule has 3 rings (SSSR count). The lowest BCUT2D eigenvalue weighted by molar-refractivity contribution is 0.0677. The highest BCUT2D eigenvalue weighted by Gasteiger charge is 2.26. The van der Waals surface area contributed by atoms with Crippen molar-refractivity contribution in [3.63, 3.8) is 0 Å². The standard InChI is InChI=1S/C15H19N3OS/c1-2-10-5-4-8-18(9-10)15(19)14-12(16)13-11(20-14)6-3-7-17-13/h3,6-7,10H,2,4-5,8-9,16H2,1H3. The normalized spacial score (nSPS) is 19.4. The highest BCUT2D eigenvalue weighted by molar-refractivity contribution is 7.21. The molecule has 0 spiro atoms. The van der Waals surface area contributed by atoms with Crippen LogP contribution in [0.5, 0.6) is 0 Å². The van der Waals surface area contributed by atoms with Crippen LogP contribution in [0.15, 0.2) is 18.3 Å². The van der Waals surface area contributed by atoms with Gasteiger partial charge >= 0.3 is 0 Å². The number of nitrogens with zero attached hydrogens (tertiary/aromatic N) is 2. The Balaban J connectivity index is 1.90. The molecule has 2 N–H and O–H groups in total. The molecule has 2 aromatic rings. The van der Waals surface area contributed by atoms with Gasteiger partial charge in [0.25, 0.3) is 5.91 Å². The molecule has 1 aliphatic heterocycles. The van der Waals surface area contributed by atoms with Crippen LogP contribution in [-0.4, -0.2) is 28.9 Å². The highest BCUT2D eigenvalue weighted by Crippen LogP contribution is 2.33. The lowest BCUT2D eigenvalue weighted by Gasteiger charge is -2.32. The molecule has 4 nitrogen and oxygen atoms in total. The first-order valence-electron chi connectivity index (χ1n) is 7.13. The van der Waals surface area contributed by atoms with Gasteiger partial charge in [0.05, 0.1) is 10.4 Å². The zero-order chi connectivity index (χ0) is 14.1. The molecule has 0 saturated carbocycles. The second-order valence-electron chi connectivity index (χ2n) is 5.36. The predicted octanol–water partition coefficient (Wildman–Crippen LogP) is 3.14. The van der Waals surface area contributed by atoms with Gasteiger partial charge in [-0.2, -0.15) is 0 Å². The van der Waals surface area contributed by atoms with Crippen LogP contribution in [0, 0.1) is 5.92 Å². The molecule has 1 unspecified atom stereocenters. The van der Waals surface area contributed by atoms with E-state index in [1.165, 1.54) is 17.8 Å². The van der Waals surface area contributed by atoms with Crippen molar-refractivity contribution >= 4 is 33.1 Å². The molecule has 5 heteroatoms. The van der Waals surface area contributed by atoms with E-state index in [0.717, 1.165) is 36.1 Å². The number of thiophene rings is 1. The number of fused-ring (bicyclic) bond motifs is 1. The summed E-state index contributed by atoms with van der Waals surface area (Å²) in [5.41, 5.74) is 7.40. The second kappa shape index (κ2) is 5.40. The summed E-state index contributed by atoms with van der Waals surface area (Å²) in [4.78, 5) is 19.6. The Morgan fingerprint density at radius 1 is 1.60 bits per heavy atom. The average molecular weight is 289 g/mol. The predicted molar refractivity (Wildman–Crippen MR) is 83.0 cm³/mol. The van der Waals surface area contributed by atoms with E-state index in [1.807, 2.05) is 17.0 Å². The van der Waals surface area contributed by atoms with Gasteiger partial charge in [-0.15, -0.1) is 11.3 Å². The van der Waals surface area contributed by atoms with Gasteiger partial charge in [-0.25, -0.2) is 0 Å². The summed E-state index contributed by atoms with van der Waals surface area (Å²) < 4.78 is 0.984. The SMILES string of the molecule is CCC1CCCN(C(=O)c2sc3cccnc3c2N)C1. The third-order valence-electron chi connectivity index (χ3n) is 4.06. The summed E-state index contributed by atoms with van der Waals surface area (Å²) in [6.07, 6.45) is 5.16. The van der Waals surface area contributed by atoms with E-state index >= 15 is 0 Å². The summed E-state index contributed by atoms with van der Waals surface area (Å²) in [5, 5.41) is 0. The molecule has 0 aliphatic carbocycles. The van der Waals surface area contributed by atoms with Crippen molar-refractivity contribution < 1.29 is 4.79 Å². The van der Waals surface area contributed by atoms with E-state index in [9.17, 15) is 4.79 Å². The van der Waals surface area contributed by atoms with Crippen LogP contribution in [0.3, 0.4) is 0 Å². The number of carbonyl (C=O) groups is 1. The van der Waals surface area contributed by atoms with Crippen molar-refractivity contribution in [3.05, 3.63) is 23.2 Å². The summed E-state index contributed by atoms with van der Waals surface area (Å²) in [5.74, 6) is 0.699. The van der Waals surface area contributed by atoms with Gasteiger partial charge in [0.15, 0.2) is 0 Å². The number of hydrogen-bond donors (Lipinski definition) is 1. The van der Waals surface area contributed by atoms with Crippen molar-refractivity contribution in [1.82, 2.24) is 9.88 Å². The van der Waals surface area contributed by atoms with Crippen molar-refractivity contribution in [3.8, 4) is 0 Å². The number of piperidine rings is 1. The number of aromatic nitrogens is 1. The number of carbonyl (C=O) groups excluding carboxylic acids is 1. The third-order valence-corrected chi connectivity index (χ3v) is 5.21. The minimum atomic E-state index is 0.0728. The average Bonchev–Trinajstić information content (AvgIpc) is 2.84. The van der Waals surface area contributed by atoms with Gasteiger partial charge < -0.3 is 10.6 Å². The first-order valence-corrected chi connectivity index (χ1v) is 7.94. The quantitative estimate of drug-likeness (QED) is 0.924. The van der Waals surface area contributed by atoms with E-state index in [2.05, 4.69) is 11.9 Å². The summed E-state index contributed by atoms with van der Waals surface area (Å²) in [7, 11) is 0. The van der Waals surface area contributed by atoms with Crippen LogP contribution < -0.4 is 5.73 Å². The van der Waals surface area contributed by atoms with Gasteiger partial charge in [0.1, 0.15) is 10.4 Å². The van der Waals surface area contributed by atoms with E-state index in [1.54, 1.807) is 6.20 Å². The van der Waals surface area contributed by atoms with Gasteiger partial charge in [-0.1, -0.05) is 13.3 Å². The van der Waals surface area contributed by atoms with E-state index in [4.69, 9.17) is 5.73 Å². The first kappa shape index (κ1) is 13.4. The molecule has 0 bridgehead atoms. The van der Waals surface area contributed by atoms with E-state index < -0.39 is 0 Å². The number of rotatable bonds is 2. The smallest absolute Gasteiger partial charge is 0.266 e. The maximum absolute atomic E-state index is 12.7. The number of pyridine rings is 1. The van der Waals surface area contributed by atoms with Gasteiger partial charge in [-0.05, 0) is 30.9 Å². The van der Waals surface area contributed by atoms with Crippen LogP contribution in [0.1, 0.15) is 35.9 Å². The Bertz CT molecular complexity index is 637. The molecule has 3 heterocycles. The maximum Gasteiger partial charge on any atom is 0.266 e. The molecule has 0 aromatic carbocycles. The van der Waals surface area contributed by atoms with Gasteiger partial charge in [0, 0.05) is 19.3 Å². The second-order valence-corrected chi connectivity index (χ2v) is 6.41. The molecular formula is C15H19N3OS. The molecule has 20 heavy (non-hydrogen) atoms. The number of likely N-dealkylation sites (tertiary alicyclic amines) is 1. The van der Waals surface area contributed by atoms with Gasteiger partial charge in [0.2, 0.25) is 0 Å². The molecule has 1 fully saturated rings. The van der Waals surface area contributed by atoms with Crippen LogP contribution in [0.25, 0.3) is 10.2 Å². The summed E-state index contributed by atoms with van der Waals surface area (Å²) in [6.45, 7) is 3.89. The Labute approximate surface area is 122 Å². The fourth-order valence-corrected chi connectivity index (χ4v) is 3.88. The minimum absolute atomic E-state index is 0.0728. The highest BCUT2D eigenvalue weighted by atomic mass is 32.1. The zero-order valence-electron chi connectivity index (χ0n) is 11.6. The molecule has 1 atom stereocenters. The van der Waals surface area contributed by atoms with Gasteiger partial charge in [-0.3, -0.25) is 9.78 Å². The lowest BCUT2D eigenvalue weighted by Crippen LogP contribution is -2.39. The van der Waals surface area contributed by atoms with Crippen molar-refractivity contribution in [1.29, 1.82) is 0 Å². The topological polar surface area (TPSA) is 59.2 Å². The molecule has 0 radical (unpaired) electrons. The van der Waals surface area contributed by atoms with Crippen molar-refractivity contribution in [2.75, 3.05) is 18.8 Å². The van der Waals surface area contributed by atoms with Crippen molar-refractivity contribution in [2.24, 2.45) is 5.92 Å². The maximum atomic E-state index is 12.7. The third kappa shape index (κ3) is 2.26. The Kier molecular flexibility index (Phi) is 3.61. The van der Waals surface area contributed by atoms with Crippen LogP contribution in [0.2, 0.25) is 0 Å². The van der Waals surface area contributed by atoms with Crippen molar-refractivity contribution in [2.45, 2.75) is 26.2 Å². The number of nitrogens with two attached hydrogens (primary N) is 1. The molecule has 2 aromatic heterocycles. The van der Waals surface area contributed by atoms with E-state index in [0.29, 0.717) is 16.5 Å². The number of amides is 1. The number of anilines is 1. The molecule has 1 saturated heterocycles. The molecule has 1 aliphatic rings. The Morgan fingerprint density at radius 2 is 2.45 bits per heavy atom. The Hall–Kier alpha value is -1.62. The minimum Gasteiger partial charge on any atom is -0.396 e. The molecule has 1 amide bonds. The Morgan fingerprint density at radius 3 is 3.20 bits per heavy atom. The first-order chi connectivity index (χ1) is 9.70. The van der Waals surface area contributed by atoms with Crippen LogP contribution in [-0.2, 0) is 0 Å². The molecular weight excluding hydrogens is 270 g/mol. The summed E-state index contributed by atoms with van der Waals surface area (Å²) in [6, 6.07) is 3.84. The van der Waals surface area contributed by atoms with Crippen LogP contribution >= 0.6 is 11.3 Å². The fraction of sp³-hybridized carbons (Fsp3) is 0.467. The monoisotopic (exact) mass is 289 g/mol. The number of hydrogen-bond acceptors (Lipinski definition) is 4. The zero-order valence-corrected chi connectivity index (χ0v) is 12.4. The largest absolute Gasteiger partial charge is 0.396 e.